The average Bonchev–Trinajstić information content (AvgIpc) is 2.47. The normalized spacial score (nSPS) is 19.4. The Labute approximate surface area is 121 Å². The molecule has 1 aromatic carbocycles. The maximum atomic E-state index is 9.11. The molecule has 1 aliphatic rings. The van der Waals surface area contributed by atoms with Crippen LogP contribution in [0.1, 0.15) is 24.0 Å². The molecule has 0 saturated carbocycles. The molecule has 0 fully saturated rings. The molecular weight excluding hydrogens is 254 g/mol. The van der Waals surface area contributed by atoms with Crippen LogP contribution in [0.5, 0.6) is 5.75 Å². The van der Waals surface area contributed by atoms with E-state index in [0.29, 0.717) is 12.6 Å². The molecular formula is C16H25NO3. The maximum Gasteiger partial charge on any atom is 0.119 e. The second-order valence-corrected chi connectivity index (χ2v) is 5.41. The summed E-state index contributed by atoms with van der Waals surface area (Å²) in [6.45, 7) is 0.834. The second kappa shape index (κ2) is 7.62. The van der Waals surface area contributed by atoms with Gasteiger partial charge in [0.15, 0.2) is 0 Å². The van der Waals surface area contributed by atoms with E-state index < -0.39 is 0 Å². The predicted molar refractivity (Wildman–Crippen MR) is 79.3 cm³/mol. The fourth-order valence-electron chi connectivity index (χ4n) is 2.91. The van der Waals surface area contributed by atoms with Crippen molar-refractivity contribution in [3.05, 3.63) is 29.3 Å². The van der Waals surface area contributed by atoms with Gasteiger partial charge >= 0.3 is 0 Å². The molecule has 1 aliphatic carbocycles. The van der Waals surface area contributed by atoms with Crippen LogP contribution in [0.4, 0.5) is 0 Å². The number of hydrogen-bond acceptors (Lipinski definition) is 4. The van der Waals surface area contributed by atoms with Crippen LogP contribution in [-0.2, 0) is 17.6 Å². The number of aryl methyl sites for hydroxylation is 1. The molecule has 0 amide bonds. The molecule has 20 heavy (non-hydrogen) atoms. The smallest absolute Gasteiger partial charge is 0.119 e. The maximum absolute atomic E-state index is 9.11. The van der Waals surface area contributed by atoms with Crippen molar-refractivity contribution in [2.75, 3.05) is 27.4 Å². The molecule has 0 radical (unpaired) electrons. The molecule has 4 nitrogen and oxygen atoms in total. The quantitative estimate of drug-likeness (QED) is 0.795. The summed E-state index contributed by atoms with van der Waals surface area (Å²) in [5, 5.41) is 12.7. The van der Waals surface area contributed by atoms with E-state index in [1.54, 1.807) is 14.2 Å². The molecule has 0 spiro atoms. The number of benzene rings is 1. The Kier molecular flexibility index (Phi) is 5.83. The molecule has 2 rings (SSSR count). The van der Waals surface area contributed by atoms with Crippen molar-refractivity contribution >= 4 is 0 Å². The first-order chi connectivity index (χ1) is 9.76. The lowest BCUT2D eigenvalue weighted by Gasteiger charge is -2.29. The summed E-state index contributed by atoms with van der Waals surface area (Å²) < 4.78 is 10.5. The monoisotopic (exact) mass is 279 g/mol. The first-order valence-electron chi connectivity index (χ1n) is 7.28. The summed E-state index contributed by atoms with van der Waals surface area (Å²) in [7, 11) is 3.41. The van der Waals surface area contributed by atoms with Crippen molar-refractivity contribution in [3.8, 4) is 5.75 Å². The highest BCUT2D eigenvalue weighted by molar-refractivity contribution is 5.37. The largest absolute Gasteiger partial charge is 0.497 e. The number of hydrogen-bond donors (Lipinski definition) is 2. The Morgan fingerprint density at radius 3 is 2.90 bits per heavy atom. The lowest BCUT2D eigenvalue weighted by Crippen LogP contribution is -2.44. The third-order valence-electron chi connectivity index (χ3n) is 3.96. The van der Waals surface area contributed by atoms with Crippen molar-refractivity contribution < 1.29 is 14.6 Å². The van der Waals surface area contributed by atoms with E-state index in [1.165, 1.54) is 11.1 Å². The van der Waals surface area contributed by atoms with E-state index in [1.807, 2.05) is 6.07 Å². The van der Waals surface area contributed by atoms with E-state index in [9.17, 15) is 0 Å². The van der Waals surface area contributed by atoms with E-state index in [2.05, 4.69) is 17.4 Å². The van der Waals surface area contributed by atoms with Crippen molar-refractivity contribution in [2.24, 2.45) is 0 Å². The molecule has 2 atom stereocenters. The van der Waals surface area contributed by atoms with Crippen molar-refractivity contribution in [1.29, 1.82) is 0 Å². The second-order valence-electron chi connectivity index (χ2n) is 5.41. The first-order valence-corrected chi connectivity index (χ1v) is 7.28. The molecule has 2 unspecified atom stereocenters. The predicted octanol–water partition coefficient (Wildman–Crippen LogP) is 1.54. The molecule has 0 aliphatic heterocycles. The van der Waals surface area contributed by atoms with E-state index in [0.717, 1.165) is 31.4 Å². The summed E-state index contributed by atoms with van der Waals surface area (Å²) in [6.07, 6.45) is 3.97. The lowest BCUT2D eigenvalue weighted by molar-refractivity contribution is 0.141. The van der Waals surface area contributed by atoms with Gasteiger partial charge in [0.05, 0.1) is 13.7 Å². The fraction of sp³-hybridized carbons (Fsp3) is 0.625. The summed E-state index contributed by atoms with van der Waals surface area (Å²) in [4.78, 5) is 0. The number of rotatable bonds is 7. The summed E-state index contributed by atoms with van der Waals surface area (Å²) >= 11 is 0. The summed E-state index contributed by atoms with van der Waals surface area (Å²) in [6, 6.07) is 7.01. The zero-order valence-corrected chi connectivity index (χ0v) is 12.4. The summed E-state index contributed by atoms with van der Waals surface area (Å²) in [5.41, 5.74) is 2.79. The first kappa shape index (κ1) is 15.3. The van der Waals surface area contributed by atoms with Gasteiger partial charge in [-0.05, 0) is 48.9 Å². The Hall–Kier alpha value is -1.10. The average molecular weight is 279 g/mol. The molecule has 4 heteroatoms. The summed E-state index contributed by atoms with van der Waals surface area (Å²) in [5.74, 6) is 0.924. The lowest BCUT2D eigenvalue weighted by atomic mass is 9.87. The Morgan fingerprint density at radius 1 is 1.35 bits per heavy atom. The molecule has 2 N–H and O–H groups in total. The van der Waals surface area contributed by atoms with Crippen LogP contribution < -0.4 is 10.1 Å². The van der Waals surface area contributed by atoms with Crippen LogP contribution in [0.15, 0.2) is 18.2 Å². The van der Waals surface area contributed by atoms with Gasteiger partial charge in [0.2, 0.25) is 0 Å². The van der Waals surface area contributed by atoms with Crippen molar-refractivity contribution in [3.63, 3.8) is 0 Å². The number of nitrogens with one attached hydrogen (secondary N) is 1. The van der Waals surface area contributed by atoms with Crippen LogP contribution in [0.25, 0.3) is 0 Å². The van der Waals surface area contributed by atoms with Gasteiger partial charge in [-0.15, -0.1) is 0 Å². The standard InChI is InChI=1S/C16H25NO3/c1-19-11-15(7-8-18)17-14-5-3-12-4-6-16(20-2)10-13(12)9-14/h4,6,10,14-15,17-18H,3,5,7-9,11H2,1-2H3. The van der Waals surface area contributed by atoms with Crippen LogP contribution >= 0.6 is 0 Å². The van der Waals surface area contributed by atoms with E-state index >= 15 is 0 Å². The minimum atomic E-state index is 0.193. The van der Waals surface area contributed by atoms with Gasteiger partial charge in [-0.3, -0.25) is 0 Å². The highest BCUT2D eigenvalue weighted by Crippen LogP contribution is 2.25. The van der Waals surface area contributed by atoms with Gasteiger partial charge in [-0.25, -0.2) is 0 Å². The van der Waals surface area contributed by atoms with Gasteiger partial charge in [-0.2, -0.15) is 0 Å². The zero-order valence-electron chi connectivity index (χ0n) is 12.4. The fourth-order valence-corrected chi connectivity index (χ4v) is 2.91. The van der Waals surface area contributed by atoms with Gasteiger partial charge in [-0.1, -0.05) is 6.07 Å². The number of ether oxygens (including phenoxy) is 2. The number of fused-ring (bicyclic) bond motifs is 1. The Bertz CT molecular complexity index is 416. The molecule has 0 heterocycles. The molecule has 1 aromatic rings. The van der Waals surface area contributed by atoms with Gasteiger partial charge in [0.1, 0.15) is 5.75 Å². The van der Waals surface area contributed by atoms with Gasteiger partial charge < -0.3 is 19.9 Å². The number of aliphatic hydroxyl groups is 1. The van der Waals surface area contributed by atoms with Crippen LogP contribution in [-0.4, -0.2) is 44.6 Å². The van der Waals surface area contributed by atoms with E-state index in [-0.39, 0.29) is 12.6 Å². The zero-order chi connectivity index (χ0) is 14.4. The van der Waals surface area contributed by atoms with E-state index in [4.69, 9.17) is 14.6 Å². The number of aliphatic hydroxyl groups excluding tert-OH is 1. The molecule has 0 saturated heterocycles. The molecule has 0 bridgehead atoms. The minimum absolute atomic E-state index is 0.193. The Balaban J connectivity index is 1.98. The van der Waals surface area contributed by atoms with Gasteiger partial charge in [0.25, 0.3) is 0 Å². The highest BCUT2D eigenvalue weighted by Gasteiger charge is 2.21. The highest BCUT2D eigenvalue weighted by atomic mass is 16.5. The molecule has 112 valence electrons. The van der Waals surface area contributed by atoms with Crippen LogP contribution in [0.2, 0.25) is 0 Å². The third-order valence-corrected chi connectivity index (χ3v) is 3.96. The van der Waals surface area contributed by atoms with Crippen molar-refractivity contribution in [2.45, 2.75) is 37.8 Å². The SMILES string of the molecule is COCC(CCO)NC1CCc2ccc(OC)cc2C1. The van der Waals surface area contributed by atoms with Crippen LogP contribution in [0.3, 0.4) is 0 Å². The number of methoxy groups -OCH3 is 2. The van der Waals surface area contributed by atoms with Crippen LogP contribution in [0, 0.1) is 0 Å². The third kappa shape index (κ3) is 3.95. The Morgan fingerprint density at radius 2 is 2.20 bits per heavy atom. The van der Waals surface area contributed by atoms with Gasteiger partial charge in [0, 0.05) is 25.8 Å². The topological polar surface area (TPSA) is 50.7 Å². The van der Waals surface area contributed by atoms with Crippen molar-refractivity contribution in [1.82, 2.24) is 5.32 Å². The molecule has 0 aromatic heterocycles. The minimum Gasteiger partial charge on any atom is -0.497 e.